The normalized spacial score (nSPS) is 10.5. The molecular formula is C27H27N5O3S. The lowest BCUT2D eigenvalue weighted by atomic mass is 10.00. The lowest BCUT2D eigenvalue weighted by Gasteiger charge is -2.10. The minimum absolute atomic E-state index is 0.0854. The summed E-state index contributed by atoms with van der Waals surface area (Å²) in [7, 11) is 5.47. The van der Waals surface area contributed by atoms with Crippen LogP contribution < -0.4 is 19.7 Å². The van der Waals surface area contributed by atoms with E-state index in [0.29, 0.717) is 41.7 Å². The fourth-order valence-electron chi connectivity index (χ4n) is 3.66. The third-order valence-electron chi connectivity index (χ3n) is 5.32. The van der Waals surface area contributed by atoms with Gasteiger partial charge in [0.1, 0.15) is 22.6 Å². The average molecular weight is 502 g/mol. The van der Waals surface area contributed by atoms with Crippen molar-refractivity contribution < 1.29 is 14.6 Å². The van der Waals surface area contributed by atoms with Gasteiger partial charge in [-0.25, -0.2) is 9.97 Å². The van der Waals surface area contributed by atoms with Crippen molar-refractivity contribution in [3.63, 3.8) is 0 Å². The largest absolute Gasteiger partial charge is 0.497 e. The molecule has 0 radical (unpaired) electrons. The van der Waals surface area contributed by atoms with Crippen LogP contribution in [0.4, 0.5) is 16.6 Å². The highest BCUT2D eigenvalue weighted by Crippen LogP contribution is 2.46. The Morgan fingerprint density at radius 2 is 1.92 bits per heavy atom. The highest BCUT2D eigenvalue weighted by molar-refractivity contribution is 7.20. The van der Waals surface area contributed by atoms with E-state index in [-0.39, 0.29) is 6.61 Å². The number of rotatable bonds is 10. The van der Waals surface area contributed by atoms with Crippen molar-refractivity contribution in [3.8, 4) is 39.3 Å². The van der Waals surface area contributed by atoms with E-state index in [4.69, 9.17) is 19.6 Å². The average Bonchev–Trinajstić information content (AvgIpc) is 3.29. The molecule has 0 fully saturated rings. The zero-order valence-electron chi connectivity index (χ0n) is 20.4. The second-order valence-electron chi connectivity index (χ2n) is 8.07. The number of thiophene rings is 1. The summed E-state index contributed by atoms with van der Waals surface area (Å²) >= 11 is 1.51. The molecule has 0 saturated heterocycles. The van der Waals surface area contributed by atoms with Crippen LogP contribution in [-0.4, -0.2) is 49.5 Å². The monoisotopic (exact) mass is 501 g/mol. The van der Waals surface area contributed by atoms with Gasteiger partial charge in [0.25, 0.3) is 0 Å². The third-order valence-corrected chi connectivity index (χ3v) is 6.70. The van der Waals surface area contributed by atoms with Gasteiger partial charge >= 0.3 is 0 Å². The number of benzene rings is 2. The summed E-state index contributed by atoms with van der Waals surface area (Å²) in [6.45, 7) is 0.523. The molecule has 0 bridgehead atoms. The van der Waals surface area contributed by atoms with E-state index in [1.807, 2.05) is 73.6 Å². The van der Waals surface area contributed by atoms with Gasteiger partial charge in [0.2, 0.25) is 5.95 Å². The molecule has 0 spiro atoms. The molecule has 2 heterocycles. The molecule has 8 nitrogen and oxygen atoms in total. The molecule has 9 heteroatoms. The number of nitrogens with zero attached hydrogens (tertiary/aromatic N) is 4. The summed E-state index contributed by atoms with van der Waals surface area (Å²) in [6.07, 6.45) is 2.27. The van der Waals surface area contributed by atoms with Crippen molar-refractivity contribution in [3.05, 3.63) is 66.4 Å². The number of aromatic nitrogens is 2. The van der Waals surface area contributed by atoms with Gasteiger partial charge in [-0.3, -0.25) is 0 Å². The van der Waals surface area contributed by atoms with Crippen LogP contribution in [0.5, 0.6) is 11.5 Å². The fraction of sp³-hybridized carbons (Fsp3) is 0.222. The predicted octanol–water partition coefficient (Wildman–Crippen LogP) is 5.32. The Balaban J connectivity index is 1.73. The van der Waals surface area contributed by atoms with Gasteiger partial charge in [-0.05, 0) is 35.9 Å². The summed E-state index contributed by atoms with van der Waals surface area (Å²) in [6, 6.07) is 19.4. The Hall–Kier alpha value is -4.13. The third kappa shape index (κ3) is 5.57. The van der Waals surface area contributed by atoms with Crippen LogP contribution in [0.3, 0.4) is 0 Å². The zero-order chi connectivity index (χ0) is 25.5. The summed E-state index contributed by atoms with van der Waals surface area (Å²) in [4.78, 5) is 12.0. The smallest absolute Gasteiger partial charge is 0.227 e. The van der Waals surface area contributed by atoms with Crippen LogP contribution in [0, 0.1) is 11.3 Å². The summed E-state index contributed by atoms with van der Waals surface area (Å²) in [5.74, 6) is 1.83. The van der Waals surface area contributed by atoms with Crippen molar-refractivity contribution >= 4 is 28.0 Å². The second-order valence-corrected chi connectivity index (χ2v) is 9.07. The van der Waals surface area contributed by atoms with Crippen molar-refractivity contribution in [1.29, 1.82) is 5.26 Å². The first kappa shape index (κ1) is 25.0. The summed E-state index contributed by atoms with van der Waals surface area (Å²) in [5.41, 5.74) is 3.77. The van der Waals surface area contributed by atoms with Crippen LogP contribution in [0.25, 0.3) is 21.7 Å². The Bertz CT molecular complexity index is 1380. The number of aliphatic hydroxyl groups excluding tert-OH is 1. The maximum atomic E-state index is 10.1. The molecule has 0 unspecified atom stereocenters. The Morgan fingerprint density at radius 3 is 2.67 bits per heavy atom. The SMILES string of the molecule is COc1cccc(-c2c(-c3ccnc(Nc4cccc(OCCCO)c4)n3)sc(N(C)C)c2C#N)c1. The number of anilines is 3. The van der Waals surface area contributed by atoms with E-state index >= 15 is 0 Å². The van der Waals surface area contributed by atoms with E-state index in [2.05, 4.69) is 16.4 Å². The molecular weight excluding hydrogens is 474 g/mol. The van der Waals surface area contributed by atoms with E-state index in [9.17, 15) is 5.26 Å². The Labute approximate surface area is 214 Å². The predicted molar refractivity (Wildman–Crippen MR) is 143 cm³/mol. The molecule has 0 aliphatic rings. The molecule has 0 amide bonds. The number of methoxy groups -OCH3 is 1. The van der Waals surface area contributed by atoms with Gasteiger partial charge in [-0.2, -0.15) is 5.26 Å². The standard InChI is InChI=1S/C27H27N5O3S/c1-32(2)26-22(17-28)24(18-7-4-9-20(15-18)34-3)25(36-26)23-11-12-29-27(31-23)30-19-8-5-10-21(16-19)35-14-6-13-33/h4-5,7-12,15-16,33H,6,13-14H2,1-3H3,(H,29,30,31). The number of hydrogen-bond donors (Lipinski definition) is 2. The van der Waals surface area contributed by atoms with Gasteiger partial charge in [0.15, 0.2) is 0 Å². The number of nitriles is 1. The number of ether oxygens (including phenoxy) is 2. The highest BCUT2D eigenvalue weighted by Gasteiger charge is 2.23. The molecule has 36 heavy (non-hydrogen) atoms. The van der Waals surface area contributed by atoms with Gasteiger partial charge in [-0.15, -0.1) is 11.3 Å². The number of hydrogen-bond acceptors (Lipinski definition) is 9. The zero-order valence-corrected chi connectivity index (χ0v) is 21.2. The first-order valence-corrected chi connectivity index (χ1v) is 12.2. The van der Waals surface area contributed by atoms with Crippen molar-refractivity contribution in [2.45, 2.75) is 6.42 Å². The molecule has 2 aromatic carbocycles. The molecule has 2 N–H and O–H groups in total. The van der Waals surface area contributed by atoms with E-state index in [1.54, 1.807) is 13.3 Å². The second kappa shape index (κ2) is 11.5. The molecule has 2 aromatic heterocycles. The van der Waals surface area contributed by atoms with Crippen molar-refractivity contribution in [2.24, 2.45) is 0 Å². The van der Waals surface area contributed by atoms with Crippen molar-refractivity contribution in [2.75, 3.05) is 44.6 Å². The van der Waals surface area contributed by atoms with Gasteiger partial charge < -0.3 is 24.8 Å². The number of aliphatic hydroxyl groups is 1. The van der Waals surface area contributed by atoms with Gasteiger partial charge in [0.05, 0.1) is 29.9 Å². The molecule has 4 rings (SSSR count). The first-order valence-electron chi connectivity index (χ1n) is 11.4. The minimum atomic E-state index is 0.0854. The highest BCUT2D eigenvalue weighted by atomic mass is 32.1. The lowest BCUT2D eigenvalue weighted by molar-refractivity contribution is 0.233. The maximum Gasteiger partial charge on any atom is 0.227 e. The quantitative estimate of drug-likeness (QED) is 0.281. The van der Waals surface area contributed by atoms with Gasteiger partial charge in [-0.1, -0.05) is 18.2 Å². The molecule has 4 aromatic rings. The van der Waals surface area contributed by atoms with E-state index < -0.39 is 0 Å². The molecule has 184 valence electrons. The van der Waals surface area contributed by atoms with Crippen molar-refractivity contribution in [1.82, 2.24) is 9.97 Å². The Morgan fingerprint density at radius 1 is 1.11 bits per heavy atom. The van der Waals surface area contributed by atoms with Crippen LogP contribution in [0.15, 0.2) is 60.8 Å². The van der Waals surface area contributed by atoms with Crippen LogP contribution >= 0.6 is 11.3 Å². The Kier molecular flexibility index (Phi) is 8.00. The maximum absolute atomic E-state index is 10.1. The van der Waals surface area contributed by atoms with Crippen LogP contribution in [0.2, 0.25) is 0 Å². The van der Waals surface area contributed by atoms with E-state index in [1.165, 1.54) is 11.3 Å². The molecule has 0 aliphatic heterocycles. The number of nitrogens with one attached hydrogen (secondary N) is 1. The fourth-order valence-corrected chi connectivity index (χ4v) is 4.83. The minimum Gasteiger partial charge on any atom is -0.497 e. The van der Waals surface area contributed by atoms with E-state index in [0.717, 1.165) is 26.7 Å². The van der Waals surface area contributed by atoms with Crippen LogP contribution in [-0.2, 0) is 0 Å². The van der Waals surface area contributed by atoms with Gasteiger partial charge in [0, 0.05) is 50.6 Å². The molecule has 0 saturated carbocycles. The van der Waals surface area contributed by atoms with Crippen LogP contribution in [0.1, 0.15) is 12.0 Å². The summed E-state index contributed by atoms with van der Waals surface area (Å²) < 4.78 is 11.1. The lowest BCUT2D eigenvalue weighted by Crippen LogP contribution is -2.07. The topological polar surface area (TPSA) is 104 Å². The molecule has 0 atom stereocenters. The summed E-state index contributed by atoms with van der Waals surface area (Å²) in [5, 5.41) is 23.1. The first-order chi connectivity index (χ1) is 17.5. The molecule has 0 aliphatic carbocycles.